The molecule has 0 aromatic heterocycles. The lowest BCUT2D eigenvalue weighted by Gasteiger charge is -2.22. The maximum Gasteiger partial charge on any atom is 0.345 e. The number of aliphatic imine (C=N–C) groups is 1. The predicted octanol–water partition coefficient (Wildman–Crippen LogP) is -0.0755. The summed E-state index contributed by atoms with van der Waals surface area (Å²) in [5, 5.41) is 0. The molecule has 122 valence electrons. The van der Waals surface area contributed by atoms with Crippen LogP contribution in [0.3, 0.4) is 0 Å². The van der Waals surface area contributed by atoms with Crippen molar-refractivity contribution in [2.45, 2.75) is 19.9 Å². The minimum atomic E-state index is -0.944. The van der Waals surface area contributed by atoms with Crippen molar-refractivity contribution in [3.8, 4) is 0 Å². The van der Waals surface area contributed by atoms with Crippen LogP contribution < -0.4 is 0 Å². The van der Waals surface area contributed by atoms with Gasteiger partial charge in [0, 0.05) is 6.54 Å². The van der Waals surface area contributed by atoms with Crippen LogP contribution in [-0.2, 0) is 28.6 Å². The Morgan fingerprint density at radius 1 is 1.23 bits per heavy atom. The Kier molecular flexibility index (Phi) is 7.07. The highest BCUT2D eigenvalue weighted by Crippen LogP contribution is 2.11. The van der Waals surface area contributed by atoms with Gasteiger partial charge in [0.25, 0.3) is 0 Å². The number of hydrogen-bond donors (Lipinski definition) is 0. The molecule has 0 amide bonds. The second kappa shape index (κ2) is 8.81. The summed E-state index contributed by atoms with van der Waals surface area (Å²) in [6, 6.07) is -0.944. The van der Waals surface area contributed by atoms with Crippen LogP contribution in [0.25, 0.3) is 0 Å². The number of carbonyl (C=O) groups excluding carboxylic acids is 3. The van der Waals surface area contributed by atoms with E-state index in [1.165, 1.54) is 19.5 Å². The summed E-state index contributed by atoms with van der Waals surface area (Å²) in [6.45, 7) is 4.44. The van der Waals surface area contributed by atoms with Crippen LogP contribution in [0.5, 0.6) is 0 Å². The van der Waals surface area contributed by atoms with Crippen molar-refractivity contribution in [2.75, 3.05) is 33.4 Å². The first-order valence-corrected chi connectivity index (χ1v) is 6.94. The number of carbonyl (C=O) groups is 3. The van der Waals surface area contributed by atoms with E-state index in [2.05, 4.69) is 4.99 Å². The van der Waals surface area contributed by atoms with E-state index < -0.39 is 23.9 Å². The van der Waals surface area contributed by atoms with Crippen LogP contribution in [0, 0.1) is 0 Å². The van der Waals surface area contributed by atoms with Gasteiger partial charge in [0.15, 0.2) is 0 Å². The van der Waals surface area contributed by atoms with Crippen LogP contribution in [0.2, 0.25) is 0 Å². The highest BCUT2D eigenvalue weighted by atomic mass is 16.6. The average molecular weight is 312 g/mol. The van der Waals surface area contributed by atoms with Crippen molar-refractivity contribution < 1.29 is 28.6 Å². The van der Waals surface area contributed by atoms with Crippen LogP contribution in [-0.4, -0.2) is 68.6 Å². The second-order valence-corrected chi connectivity index (χ2v) is 4.25. The average Bonchev–Trinajstić information content (AvgIpc) is 3.01. The Morgan fingerprint density at radius 2 is 1.82 bits per heavy atom. The fraction of sp³-hybridized carbons (Fsp3) is 0.571. The standard InChI is InChI=1S/C14H20N2O6/c1-4-21-12(17)10(13(18)22-5-2)8-11(14(19)20-3)16-7-6-15-9-16/h8-9,11H,4-7H2,1-3H3. The third-order valence-corrected chi connectivity index (χ3v) is 2.83. The lowest BCUT2D eigenvalue weighted by Crippen LogP contribution is -2.39. The lowest BCUT2D eigenvalue weighted by atomic mass is 10.1. The van der Waals surface area contributed by atoms with E-state index in [0.29, 0.717) is 13.1 Å². The molecule has 0 saturated carbocycles. The van der Waals surface area contributed by atoms with E-state index in [0.717, 1.165) is 0 Å². The maximum absolute atomic E-state index is 11.9. The third kappa shape index (κ3) is 4.57. The zero-order valence-corrected chi connectivity index (χ0v) is 12.9. The van der Waals surface area contributed by atoms with Crippen molar-refractivity contribution in [3.63, 3.8) is 0 Å². The lowest BCUT2D eigenvalue weighted by molar-refractivity contribution is -0.146. The van der Waals surface area contributed by atoms with Gasteiger partial charge in [0.05, 0.1) is 33.2 Å². The molecule has 8 nitrogen and oxygen atoms in total. The SMILES string of the molecule is CCOC(=O)C(=CC(C(=O)OC)N1C=NCC1)C(=O)OCC. The molecule has 0 aromatic rings. The molecule has 0 bridgehead atoms. The van der Waals surface area contributed by atoms with Crippen LogP contribution in [0.1, 0.15) is 13.8 Å². The van der Waals surface area contributed by atoms with Crippen molar-refractivity contribution in [1.82, 2.24) is 4.90 Å². The molecular formula is C14H20N2O6. The Morgan fingerprint density at radius 3 is 2.23 bits per heavy atom. The normalized spacial score (nSPS) is 14.2. The van der Waals surface area contributed by atoms with Gasteiger partial charge in [-0.25, -0.2) is 14.4 Å². The Balaban J connectivity index is 3.12. The minimum Gasteiger partial charge on any atom is -0.467 e. The summed E-state index contributed by atoms with van der Waals surface area (Å²) in [4.78, 5) is 41.3. The Hall–Kier alpha value is -2.38. The third-order valence-electron chi connectivity index (χ3n) is 2.83. The molecule has 0 aromatic carbocycles. The molecule has 1 aliphatic heterocycles. The molecule has 8 heteroatoms. The van der Waals surface area contributed by atoms with Gasteiger partial charge in [0.1, 0.15) is 11.6 Å². The molecule has 0 aliphatic carbocycles. The number of ether oxygens (including phenoxy) is 3. The Bertz CT molecular complexity index is 466. The molecule has 0 N–H and O–H groups in total. The molecule has 1 heterocycles. The summed E-state index contributed by atoms with van der Waals surface area (Å²) in [7, 11) is 1.23. The summed E-state index contributed by atoms with van der Waals surface area (Å²) in [5.74, 6) is -2.29. The first-order valence-electron chi connectivity index (χ1n) is 6.94. The van der Waals surface area contributed by atoms with Gasteiger partial charge in [-0.1, -0.05) is 0 Å². The summed E-state index contributed by atoms with van der Waals surface area (Å²) in [6.07, 6.45) is 2.67. The van der Waals surface area contributed by atoms with E-state index in [-0.39, 0.29) is 18.8 Å². The fourth-order valence-electron chi connectivity index (χ4n) is 1.82. The van der Waals surface area contributed by atoms with Crippen molar-refractivity contribution in [1.29, 1.82) is 0 Å². The molecular weight excluding hydrogens is 292 g/mol. The predicted molar refractivity (Wildman–Crippen MR) is 77.2 cm³/mol. The first kappa shape index (κ1) is 17.7. The number of hydrogen-bond acceptors (Lipinski definition) is 8. The number of rotatable bonds is 7. The first-order chi connectivity index (χ1) is 10.5. The van der Waals surface area contributed by atoms with Crippen LogP contribution >= 0.6 is 0 Å². The van der Waals surface area contributed by atoms with Crippen LogP contribution in [0.4, 0.5) is 0 Å². The Labute approximate surface area is 128 Å². The molecule has 0 radical (unpaired) electrons. The number of esters is 3. The monoisotopic (exact) mass is 312 g/mol. The van der Waals surface area contributed by atoms with Gasteiger partial charge >= 0.3 is 17.9 Å². The quantitative estimate of drug-likeness (QED) is 0.213. The highest BCUT2D eigenvalue weighted by molar-refractivity contribution is 6.14. The van der Waals surface area contributed by atoms with Gasteiger partial charge < -0.3 is 19.1 Å². The van der Waals surface area contributed by atoms with Gasteiger partial charge in [-0.05, 0) is 19.9 Å². The topological polar surface area (TPSA) is 94.5 Å². The smallest absolute Gasteiger partial charge is 0.345 e. The molecule has 1 aliphatic rings. The zero-order valence-electron chi connectivity index (χ0n) is 12.9. The second-order valence-electron chi connectivity index (χ2n) is 4.25. The largest absolute Gasteiger partial charge is 0.467 e. The summed E-state index contributed by atoms with van der Waals surface area (Å²) >= 11 is 0. The number of nitrogens with zero attached hydrogens (tertiary/aromatic N) is 2. The van der Waals surface area contributed by atoms with E-state index in [4.69, 9.17) is 14.2 Å². The van der Waals surface area contributed by atoms with Crippen molar-refractivity contribution in [3.05, 3.63) is 11.6 Å². The zero-order chi connectivity index (χ0) is 16.5. The van der Waals surface area contributed by atoms with Gasteiger partial charge in [-0.3, -0.25) is 4.99 Å². The van der Waals surface area contributed by atoms with E-state index in [9.17, 15) is 14.4 Å². The van der Waals surface area contributed by atoms with Gasteiger partial charge in [-0.2, -0.15) is 0 Å². The van der Waals surface area contributed by atoms with E-state index in [1.807, 2.05) is 0 Å². The molecule has 0 saturated heterocycles. The molecule has 1 atom stereocenters. The van der Waals surface area contributed by atoms with Crippen LogP contribution in [0.15, 0.2) is 16.6 Å². The molecule has 0 spiro atoms. The fourth-order valence-corrected chi connectivity index (χ4v) is 1.82. The van der Waals surface area contributed by atoms with Crippen molar-refractivity contribution >= 4 is 24.2 Å². The van der Waals surface area contributed by atoms with E-state index in [1.54, 1.807) is 18.7 Å². The van der Waals surface area contributed by atoms with E-state index >= 15 is 0 Å². The van der Waals surface area contributed by atoms with Gasteiger partial charge in [-0.15, -0.1) is 0 Å². The molecule has 0 fully saturated rings. The summed E-state index contributed by atoms with van der Waals surface area (Å²) in [5.41, 5.74) is -0.334. The highest BCUT2D eigenvalue weighted by Gasteiger charge is 2.30. The van der Waals surface area contributed by atoms with Crippen molar-refractivity contribution in [2.24, 2.45) is 4.99 Å². The molecule has 1 rings (SSSR count). The maximum atomic E-state index is 11.9. The summed E-state index contributed by atoms with van der Waals surface area (Å²) < 4.78 is 14.4. The van der Waals surface area contributed by atoms with Gasteiger partial charge in [0.2, 0.25) is 0 Å². The molecule has 22 heavy (non-hydrogen) atoms. The number of methoxy groups -OCH3 is 1. The minimum absolute atomic E-state index is 0.101. The molecule has 1 unspecified atom stereocenters.